The molecule has 0 N–H and O–H groups in total. The van der Waals surface area contributed by atoms with Crippen LogP contribution in [0.5, 0.6) is 5.75 Å². The summed E-state index contributed by atoms with van der Waals surface area (Å²) in [6, 6.07) is 21.8. The molecule has 6 nitrogen and oxygen atoms in total. The summed E-state index contributed by atoms with van der Waals surface area (Å²) in [7, 11) is 0. The molecule has 6 atom stereocenters. The highest BCUT2D eigenvalue weighted by Gasteiger charge is 2.70. The standard InChI is InChI=1S/C30H23F3N2O4/c31-30(32,33)18-7-4-8-19(13-18)35-28(36)23-21-14-22(24(23)29(35)37)27-25(21)26(34-39-27)17-9-11-20(12-10-17)38-15-16-5-2-1-3-6-16/h1-13,21-25,27H,14-15H2/t21-,22+,23+,24-,25+,27+/m0/s1. The van der Waals surface area contributed by atoms with Gasteiger partial charge in [0.25, 0.3) is 0 Å². The lowest BCUT2D eigenvalue weighted by Crippen LogP contribution is -2.41. The van der Waals surface area contributed by atoms with E-state index in [2.05, 4.69) is 5.16 Å². The molecule has 0 aromatic heterocycles. The number of oxime groups is 1. The van der Waals surface area contributed by atoms with Gasteiger partial charge in [-0.2, -0.15) is 13.2 Å². The van der Waals surface area contributed by atoms with Crippen LogP contribution in [0.25, 0.3) is 0 Å². The van der Waals surface area contributed by atoms with Crippen LogP contribution in [0.1, 0.15) is 23.1 Å². The molecule has 198 valence electrons. The summed E-state index contributed by atoms with van der Waals surface area (Å²) in [5, 5.41) is 4.36. The molecule has 2 bridgehead atoms. The summed E-state index contributed by atoms with van der Waals surface area (Å²) >= 11 is 0. The Morgan fingerprint density at radius 3 is 2.31 bits per heavy atom. The van der Waals surface area contributed by atoms with E-state index < -0.39 is 35.4 Å². The van der Waals surface area contributed by atoms with E-state index in [4.69, 9.17) is 9.57 Å². The number of fused-ring (bicyclic) bond motifs is 8. The summed E-state index contributed by atoms with van der Waals surface area (Å²) < 4.78 is 45.8. The van der Waals surface area contributed by atoms with Crippen LogP contribution in [0, 0.1) is 29.6 Å². The van der Waals surface area contributed by atoms with Crippen LogP contribution in [0.4, 0.5) is 18.9 Å². The van der Waals surface area contributed by atoms with Gasteiger partial charge in [-0.05, 0) is 60.4 Å². The van der Waals surface area contributed by atoms with Crippen molar-refractivity contribution < 1.29 is 32.3 Å². The molecule has 3 aromatic carbocycles. The van der Waals surface area contributed by atoms with Crippen LogP contribution < -0.4 is 9.64 Å². The number of imide groups is 1. The smallest absolute Gasteiger partial charge is 0.416 e. The molecule has 2 aliphatic carbocycles. The normalized spacial score (nSPS) is 28.8. The number of hydrogen-bond acceptors (Lipinski definition) is 5. The van der Waals surface area contributed by atoms with Crippen LogP contribution in [-0.2, 0) is 27.2 Å². The summed E-state index contributed by atoms with van der Waals surface area (Å²) in [5.41, 5.74) is 1.71. The molecular formula is C30H23F3N2O4. The largest absolute Gasteiger partial charge is 0.489 e. The van der Waals surface area contributed by atoms with Crippen molar-refractivity contribution in [1.29, 1.82) is 0 Å². The lowest BCUT2D eigenvalue weighted by molar-refractivity contribution is -0.137. The third-order valence-electron chi connectivity index (χ3n) is 8.52. The molecule has 0 radical (unpaired) electrons. The second-order valence-corrected chi connectivity index (χ2v) is 10.5. The maximum absolute atomic E-state index is 13.5. The van der Waals surface area contributed by atoms with Crippen molar-refractivity contribution in [2.24, 2.45) is 34.7 Å². The van der Waals surface area contributed by atoms with E-state index in [1.54, 1.807) is 0 Å². The molecule has 2 heterocycles. The number of halogens is 3. The van der Waals surface area contributed by atoms with Crippen molar-refractivity contribution in [1.82, 2.24) is 0 Å². The van der Waals surface area contributed by atoms with Crippen LogP contribution in [0.2, 0.25) is 0 Å². The van der Waals surface area contributed by atoms with Gasteiger partial charge in [-0.15, -0.1) is 0 Å². The number of rotatable bonds is 5. The molecule has 2 saturated carbocycles. The van der Waals surface area contributed by atoms with E-state index in [0.717, 1.165) is 33.9 Å². The van der Waals surface area contributed by atoms with E-state index in [1.165, 1.54) is 12.1 Å². The SMILES string of the molecule is O=C1[C@@H]2[C@@H]3C[C@@H]([C@H]4ON=C(c5ccc(OCc6ccccc6)cc5)[C@@H]34)[C@@H]2C(=O)N1c1cccc(C(F)(F)F)c1. The van der Waals surface area contributed by atoms with Gasteiger partial charge in [0.05, 0.1) is 28.8 Å². The highest BCUT2D eigenvalue weighted by atomic mass is 19.4. The highest BCUT2D eigenvalue weighted by molar-refractivity contribution is 6.23. The predicted octanol–water partition coefficient (Wildman–Crippen LogP) is 5.46. The summed E-state index contributed by atoms with van der Waals surface area (Å²) in [6.07, 6.45) is -4.26. The van der Waals surface area contributed by atoms with E-state index in [0.29, 0.717) is 18.8 Å². The number of carbonyl (C=O) groups excluding carboxylic acids is 2. The Morgan fingerprint density at radius 2 is 1.59 bits per heavy atom. The van der Waals surface area contributed by atoms with Crippen LogP contribution >= 0.6 is 0 Å². The molecule has 0 spiro atoms. The number of anilines is 1. The van der Waals surface area contributed by atoms with Gasteiger partial charge in [0, 0.05) is 17.4 Å². The van der Waals surface area contributed by atoms with Gasteiger partial charge in [0.1, 0.15) is 18.5 Å². The topological polar surface area (TPSA) is 68.2 Å². The lowest BCUT2D eigenvalue weighted by Gasteiger charge is -2.29. The Balaban J connectivity index is 1.11. The first-order valence-electron chi connectivity index (χ1n) is 12.9. The van der Waals surface area contributed by atoms with Crippen LogP contribution in [-0.4, -0.2) is 23.6 Å². The van der Waals surface area contributed by atoms with Gasteiger partial charge in [-0.3, -0.25) is 14.5 Å². The first-order chi connectivity index (χ1) is 18.8. The van der Waals surface area contributed by atoms with Gasteiger partial charge in [-0.1, -0.05) is 41.6 Å². The maximum Gasteiger partial charge on any atom is 0.416 e. The minimum atomic E-state index is -4.57. The van der Waals surface area contributed by atoms with Crippen LogP contribution in [0.15, 0.2) is 84.0 Å². The second-order valence-electron chi connectivity index (χ2n) is 10.5. The Morgan fingerprint density at radius 1 is 0.872 bits per heavy atom. The summed E-state index contributed by atoms with van der Waals surface area (Å²) in [5.74, 6) is -1.94. The Labute approximate surface area is 222 Å². The first kappa shape index (κ1) is 23.9. The number of benzene rings is 3. The molecule has 1 saturated heterocycles. The average molecular weight is 533 g/mol. The molecule has 2 aliphatic heterocycles. The fourth-order valence-electron chi connectivity index (χ4n) is 6.90. The highest BCUT2D eigenvalue weighted by Crippen LogP contribution is 2.62. The van der Waals surface area contributed by atoms with Crippen LogP contribution in [0.3, 0.4) is 0 Å². The number of amides is 2. The Bertz CT molecular complexity index is 1490. The quantitative estimate of drug-likeness (QED) is 0.410. The predicted molar refractivity (Wildman–Crippen MR) is 135 cm³/mol. The molecule has 7 rings (SSSR count). The van der Waals surface area contributed by atoms with Gasteiger partial charge in [0.2, 0.25) is 11.8 Å². The van der Waals surface area contributed by atoms with Crippen molar-refractivity contribution in [3.05, 3.63) is 95.6 Å². The van der Waals surface area contributed by atoms with Gasteiger partial charge in [-0.25, -0.2) is 0 Å². The number of hydrogen-bond donors (Lipinski definition) is 0. The van der Waals surface area contributed by atoms with Crippen molar-refractivity contribution in [3.63, 3.8) is 0 Å². The molecule has 9 heteroatoms. The monoisotopic (exact) mass is 532 g/mol. The molecule has 3 aromatic rings. The second kappa shape index (κ2) is 8.69. The van der Waals surface area contributed by atoms with E-state index in [1.807, 2.05) is 54.6 Å². The lowest BCUT2D eigenvalue weighted by atomic mass is 9.71. The minimum Gasteiger partial charge on any atom is -0.489 e. The third-order valence-corrected chi connectivity index (χ3v) is 8.52. The third kappa shape index (κ3) is 3.74. The Kier molecular flexibility index (Phi) is 5.33. The van der Waals surface area contributed by atoms with Gasteiger partial charge < -0.3 is 9.57 Å². The number of nitrogens with zero attached hydrogens (tertiary/aromatic N) is 2. The van der Waals surface area contributed by atoms with E-state index in [-0.39, 0.29) is 29.5 Å². The number of carbonyl (C=O) groups is 2. The maximum atomic E-state index is 13.5. The minimum absolute atomic E-state index is 0.0420. The zero-order chi connectivity index (χ0) is 26.9. The summed E-state index contributed by atoms with van der Waals surface area (Å²) in [4.78, 5) is 33.7. The fourth-order valence-corrected chi connectivity index (χ4v) is 6.90. The zero-order valence-electron chi connectivity index (χ0n) is 20.5. The van der Waals surface area contributed by atoms with Gasteiger partial charge in [0.15, 0.2) is 0 Å². The van der Waals surface area contributed by atoms with Crippen molar-refractivity contribution in [2.75, 3.05) is 4.90 Å². The first-order valence-corrected chi connectivity index (χ1v) is 12.9. The fraction of sp³-hybridized carbons (Fsp3) is 0.300. The Hall–Kier alpha value is -4.14. The van der Waals surface area contributed by atoms with Crippen molar-refractivity contribution in [2.45, 2.75) is 25.3 Å². The summed E-state index contributed by atoms with van der Waals surface area (Å²) in [6.45, 7) is 0.445. The molecule has 4 aliphatic rings. The molecule has 0 unspecified atom stereocenters. The number of ether oxygens (including phenoxy) is 1. The molecule has 3 fully saturated rings. The van der Waals surface area contributed by atoms with Crippen molar-refractivity contribution in [3.8, 4) is 5.75 Å². The molecule has 39 heavy (non-hydrogen) atoms. The average Bonchev–Trinajstić information content (AvgIpc) is 3.68. The van der Waals surface area contributed by atoms with E-state index in [9.17, 15) is 22.8 Å². The van der Waals surface area contributed by atoms with Crippen molar-refractivity contribution >= 4 is 23.2 Å². The number of alkyl halides is 3. The van der Waals surface area contributed by atoms with E-state index >= 15 is 0 Å². The zero-order valence-corrected chi connectivity index (χ0v) is 20.5. The van der Waals surface area contributed by atoms with Gasteiger partial charge >= 0.3 is 6.18 Å². The molecule has 2 amide bonds. The molecular weight excluding hydrogens is 509 g/mol.